The first kappa shape index (κ1) is 18.1. The van der Waals surface area contributed by atoms with Gasteiger partial charge in [0.2, 0.25) is 20.0 Å². The Labute approximate surface area is 135 Å². The van der Waals surface area contributed by atoms with Gasteiger partial charge in [-0.2, -0.15) is 0 Å². The molecular formula is C13H20FN3O4S2. The number of halogens is 1. The lowest BCUT2D eigenvalue weighted by Gasteiger charge is -2.14. The molecule has 1 aromatic carbocycles. The second kappa shape index (κ2) is 6.71. The van der Waals surface area contributed by atoms with E-state index in [2.05, 4.69) is 14.8 Å². The van der Waals surface area contributed by atoms with E-state index in [1.54, 1.807) is 0 Å². The van der Waals surface area contributed by atoms with Gasteiger partial charge in [-0.05, 0) is 45.0 Å². The number of anilines is 1. The fourth-order valence-electron chi connectivity index (χ4n) is 2.06. The Morgan fingerprint density at radius 1 is 1.26 bits per heavy atom. The molecule has 1 aliphatic heterocycles. The molecule has 1 aromatic rings. The predicted octanol–water partition coefficient (Wildman–Crippen LogP) is 0.616. The molecule has 10 heteroatoms. The molecule has 1 heterocycles. The quantitative estimate of drug-likeness (QED) is 0.685. The van der Waals surface area contributed by atoms with E-state index < -0.39 is 31.1 Å². The molecule has 130 valence electrons. The van der Waals surface area contributed by atoms with Crippen LogP contribution in [0.2, 0.25) is 0 Å². The summed E-state index contributed by atoms with van der Waals surface area (Å²) in [5.74, 6) is -0.943. The van der Waals surface area contributed by atoms with Gasteiger partial charge in [-0.1, -0.05) is 0 Å². The number of benzene rings is 1. The predicted molar refractivity (Wildman–Crippen MR) is 85.7 cm³/mol. The van der Waals surface area contributed by atoms with Crippen molar-refractivity contribution >= 4 is 25.7 Å². The average Bonchev–Trinajstić information content (AvgIpc) is 2.92. The maximum atomic E-state index is 14.1. The van der Waals surface area contributed by atoms with E-state index in [9.17, 15) is 21.2 Å². The highest BCUT2D eigenvalue weighted by atomic mass is 32.2. The monoisotopic (exact) mass is 365 g/mol. The van der Waals surface area contributed by atoms with Crippen molar-refractivity contribution in [3.63, 3.8) is 0 Å². The van der Waals surface area contributed by atoms with Gasteiger partial charge in [-0.25, -0.2) is 25.9 Å². The molecule has 1 aliphatic rings. The van der Waals surface area contributed by atoms with E-state index in [0.717, 1.165) is 18.7 Å². The van der Waals surface area contributed by atoms with Crippen molar-refractivity contribution in [2.75, 3.05) is 17.8 Å². The highest BCUT2D eigenvalue weighted by Gasteiger charge is 2.24. The molecule has 2 rings (SSSR count). The van der Waals surface area contributed by atoms with Crippen molar-refractivity contribution in [3.8, 4) is 0 Å². The van der Waals surface area contributed by atoms with Crippen LogP contribution in [-0.2, 0) is 20.0 Å². The average molecular weight is 365 g/mol. The molecular weight excluding hydrogens is 345 g/mol. The van der Waals surface area contributed by atoms with Gasteiger partial charge in [0.15, 0.2) is 0 Å². The number of nitrogens with one attached hydrogen (secondary N) is 3. The zero-order chi connectivity index (χ0) is 17.3. The molecule has 0 radical (unpaired) electrons. The van der Waals surface area contributed by atoms with Crippen molar-refractivity contribution in [3.05, 3.63) is 24.0 Å². The Hall–Kier alpha value is -1.23. The molecule has 3 N–H and O–H groups in total. The zero-order valence-corrected chi connectivity index (χ0v) is 14.5. The summed E-state index contributed by atoms with van der Waals surface area (Å²) < 4.78 is 66.6. The maximum Gasteiger partial charge on any atom is 0.240 e. The van der Waals surface area contributed by atoms with Gasteiger partial charge in [-0.3, -0.25) is 4.72 Å². The fourth-order valence-corrected chi connectivity index (χ4v) is 4.05. The number of hydrogen-bond acceptors (Lipinski definition) is 5. The van der Waals surface area contributed by atoms with Crippen molar-refractivity contribution in [2.24, 2.45) is 0 Å². The van der Waals surface area contributed by atoms with Crippen LogP contribution in [0.3, 0.4) is 0 Å². The Morgan fingerprint density at radius 2 is 1.96 bits per heavy atom. The topological polar surface area (TPSA) is 104 Å². The van der Waals surface area contributed by atoms with Crippen LogP contribution >= 0.6 is 0 Å². The van der Waals surface area contributed by atoms with Crippen LogP contribution in [0.5, 0.6) is 0 Å². The van der Waals surface area contributed by atoms with E-state index >= 15 is 0 Å². The summed E-state index contributed by atoms with van der Waals surface area (Å²) in [6, 6.07) is 2.85. The summed E-state index contributed by atoms with van der Waals surface area (Å²) in [4.78, 5) is -0.241. The van der Waals surface area contributed by atoms with Gasteiger partial charge < -0.3 is 5.32 Å². The zero-order valence-electron chi connectivity index (χ0n) is 12.8. The third-order valence-corrected chi connectivity index (χ3v) is 6.77. The molecule has 1 fully saturated rings. The summed E-state index contributed by atoms with van der Waals surface area (Å²) in [5, 5.41) is 2.29. The van der Waals surface area contributed by atoms with Gasteiger partial charge in [0, 0.05) is 12.6 Å². The molecule has 23 heavy (non-hydrogen) atoms. The highest BCUT2D eigenvalue weighted by molar-refractivity contribution is 7.93. The molecule has 1 saturated heterocycles. The second-order valence-electron chi connectivity index (χ2n) is 5.65. The molecule has 7 nitrogen and oxygen atoms in total. The summed E-state index contributed by atoms with van der Waals surface area (Å²) >= 11 is 0. The van der Waals surface area contributed by atoms with Crippen LogP contribution < -0.4 is 14.8 Å². The van der Waals surface area contributed by atoms with Crippen molar-refractivity contribution < 1.29 is 21.2 Å². The standard InChI is InChI=1S/C13H20FN3O4S2/c1-9(2)22(18,19)17-13-4-3-11(7-12(13)14)23(20,21)16-10-5-6-15-8-10/h3-4,7,9-10,15-17H,5-6,8H2,1-2H3. The molecule has 1 unspecified atom stereocenters. The van der Waals surface area contributed by atoms with E-state index in [1.807, 2.05) is 0 Å². The van der Waals surface area contributed by atoms with Gasteiger partial charge in [0.05, 0.1) is 15.8 Å². The van der Waals surface area contributed by atoms with Gasteiger partial charge >= 0.3 is 0 Å². The van der Waals surface area contributed by atoms with Crippen molar-refractivity contribution in [1.82, 2.24) is 10.0 Å². The molecule has 0 amide bonds. The van der Waals surface area contributed by atoms with Gasteiger partial charge in [-0.15, -0.1) is 0 Å². The van der Waals surface area contributed by atoms with E-state index in [-0.39, 0.29) is 16.6 Å². The van der Waals surface area contributed by atoms with Crippen LogP contribution in [0.1, 0.15) is 20.3 Å². The number of sulfonamides is 2. The lowest BCUT2D eigenvalue weighted by atomic mass is 10.3. The second-order valence-corrected chi connectivity index (χ2v) is 9.60. The Bertz CT molecular complexity index is 772. The van der Waals surface area contributed by atoms with Gasteiger partial charge in [0.25, 0.3) is 0 Å². The van der Waals surface area contributed by atoms with Crippen LogP contribution in [0.25, 0.3) is 0 Å². The van der Waals surface area contributed by atoms with Crippen molar-refractivity contribution in [2.45, 2.75) is 36.5 Å². The van der Waals surface area contributed by atoms with Crippen LogP contribution in [0.4, 0.5) is 10.1 Å². The first-order valence-corrected chi connectivity index (χ1v) is 10.2. The fraction of sp³-hybridized carbons (Fsp3) is 0.538. The van der Waals surface area contributed by atoms with Crippen LogP contribution in [0, 0.1) is 5.82 Å². The van der Waals surface area contributed by atoms with E-state index in [4.69, 9.17) is 0 Å². The largest absolute Gasteiger partial charge is 0.315 e. The molecule has 0 spiro atoms. The third-order valence-electron chi connectivity index (χ3n) is 3.51. The normalized spacial score (nSPS) is 19.2. The third kappa shape index (κ3) is 4.40. The maximum absolute atomic E-state index is 14.1. The first-order chi connectivity index (χ1) is 10.6. The molecule has 1 atom stereocenters. The molecule has 0 aromatic heterocycles. The minimum Gasteiger partial charge on any atom is -0.315 e. The lowest BCUT2D eigenvalue weighted by Crippen LogP contribution is -2.36. The Kier molecular flexibility index (Phi) is 5.29. The lowest BCUT2D eigenvalue weighted by molar-refractivity contribution is 0.558. The first-order valence-electron chi connectivity index (χ1n) is 7.16. The van der Waals surface area contributed by atoms with E-state index in [0.29, 0.717) is 13.0 Å². The van der Waals surface area contributed by atoms with Crippen LogP contribution in [0.15, 0.2) is 23.1 Å². The Morgan fingerprint density at radius 3 is 2.48 bits per heavy atom. The molecule has 0 bridgehead atoms. The smallest absolute Gasteiger partial charge is 0.240 e. The minimum absolute atomic E-state index is 0.234. The summed E-state index contributed by atoms with van der Waals surface area (Å²) in [6.07, 6.45) is 0.661. The van der Waals surface area contributed by atoms with Crippen molar-refractivity contribution in [1.29, 1.82) is 0 Å². The number of rotatable bonds is 6. The highest BCUT2D eigenvalue weighted by Crippen LogP contribution is 2.21. The summed E-state index contributed by atoms with van der Waals surface area (Å²) in [6.45, 7) is 4.16. The number of hydrogen-bond donors (Lipinski definition) is 3. The summed E-state index contributed by atoms with van der Waals surface area (Å²) in [5.41, 5.74) is -0.278. The SMILES string of the molecule is CC(C)S(=O)(=O)Nc1ccc(S(=O)(=O)NC2CCNC2)cc1F. The Balaban J connectivity index is 2.21. The van der Waals surface area contributed by atoms with Gasteiger partial charge in [0.1, 0.15) is 5.82 Å². The molecule has 0 saturated carbocycles. The van der Waals surface area contributed by atoms with Crippen LogP contribution in [-0.4, -0.2) is 41.2 Å². The molecule has 0 aliphatic carbocycles. The van der Waals surface area contributed by atoms with E-state index in [1.165, 1.54) is 19.9 Å². The summed E-state index contributed by atoms with van der Waals surface area (Å²) in [7, 11) is -7.55. The minimum atomic E-state index is -3.85.